The van der Waals surface area contributed by atoms with Crippen LogP contribution in [0.25, 0.3) is 0 Å². The first-order valence-electron chi connectivity index (χ1n) is 7.62. The molecule has 1 aromatic rings. The van der Waals surface area contributed by atoms with Crippen LogP contribution >= 0.6 is 0 Å². The maximum Gasteiger partial charge on any atom is 0.233 e. The molecule has 21 heavy (non-hydrogen) atoms. The minimum absolute atomic E-state index is 0.147. The average Bonchev–Trinajstić information content (AvgIpc) is 2.54. The molecule has 0 saturated carbocycles. The van der Waals surface area contributed by atoms with Gasteiger partial charge in [-0.2, -0.15) is 5.26 Å². The highest BCUT2D eigenvalue weighted by Crippen LogP contribution is 2.37. The second-order valence-corrected chi connectivity index (χ2v) is 5.77. The molecule has 1 aliphatic rings. The van der Waals surface area contributed by atoms with Crippen LogP contribution in [0.2, 0.25) is 0 Å². The average molecular weight is 285 g/mol. The van der Waals surface area contributed by atoms with Crippen molar-refractivity contribution in [2.24, 2.45) is 5.41 Å². The van der Waals surface area contributed by atoms with Crippen molar-refractivity contribution < 1.29 is 4.79 Å². The summed E-state index contributed by atoms with van der Waals surface area (Å²) < 4.78 is 0. The molecule has 0 atom stereocenters. The van der Waals surface area contributed by atoms with Gasteiger partial charge in [0.25, 0.3) is 0 Å². The predicted molar refractivity (Wildman–Crippen MR) is 84.0 cm³/mol. The van der Waals surface area contributed by atoms with Crippen LogP contribution in [0, 0.1) is 16.7 Å². The Morgan fingerprint density at radius 2 is 2.05 bits per heavy atom. The van der Waals surface area contributed by atoms with E-state index in [1.165, 1.54) is 0 Å². The zero-order chi connectivity index (χ0) is 15.3. The highest BCUT2D eigenvalue weighted by atomic mass is 16.2. The molecule has 1 amide bonds. The fourth-order valence-electron chi connectivity index (χ4n) is 3.28. The fourth-order valence-corrected chi connectivity index (χ4v) is 3.28. The van der Waals surface area contributed by atoms with Crippen molar-refractivity contribution >= 4 is 11.6 Å². The molecular formula is C17H23N3O. The molecule has 0 bridgehead atoms. The van der Waals surface area contributed by atoms with Gasteiger partial charge in [0.1, 0.15) is 6.07 Å². The zero-order valence-electron chi connectivity index (χ0n) is 12.9. The number of amides is 1. The molecule has 4 nitrogen and oxygen atoms in total. The molecule has 1 fully saturated rings. The third-order valence-electron chi connectivity index (χ3n) is 4.43. The van der Waals surface area contributed by atoms with Gasteiger partial charge in [-0.15, -0.1) is 0 Å². The maximum absolute atomic E-state index is 13.1. The number of carbonyl (C=O) groups is 1. The Bertz CT molecular complexity index is 536. The number of benzene rings is 1. The molecule has 2 rings (SSSR count). The molecule has 0 unspecified atom stereocenters. The standard InChI is InChI=1S/C17H23N3O/c1-3-8-17(9-11-19-12-10-17)16(21)20(2)15-7-5-4-6-14(15)13-18/h4-7,19H,3,8-12H2,1-2H3. The van der Waals surface area contributed by atoms with Crippen LogP contribution in [-0.2, 0) is 4.79 Å². The second-order valence-electron chi connectivity index (χ2n) is 5.77. The molecule has 1 N–H and O–H groups in total. The van der Waals surface area contributed by atoms with Gasteiger partial charge in [-0.3, -0.25) is 4.79 Å². The largest absolute Gasteiger partial charge is 0.317 e. The highest BCUT2D eigenvalue weighted by molar-refractivity contribution is 5.98. The van der Waals surface area contributed by atoms with Crippen molar-refractivity contribution in [1.29, 1.82) is 5.26 Å². The summed E-state index contributed by atoms with van der Waals surface area (Å²) in [4.78, 5) is 14.7. The lowest BCUT2D eigenvalue weighted by atomic mass is 9.74. The summed E-state index contributed by atoms with van der Waals surface area (Å²) >= 11 is 0. The third kappa shape index (κ3) is 3.08. The predicted octanol–water partition coefficient (Wildman–Crippen LogP) is 2.69. The van der Waals surface area contributed by atoms with E-state index in [1.807, 2.05) is 18.2 Å². The monoisotopic (exact) mass is 285 g/mol. The number of para-hydroxylation sites is 1. The van der Waals surface area contributed by atoms with E-state index in [-0.39, 0.29) is 11.3 Å². The normalized spacial score (nSPS) is 17.0. The topological polar surface area (TPSA) is 56.1 Å². The molecule has 0 radical (unpaired) electrons. The summed E-state index contributed by atoms with van der Waals surface area (Å²) in [6.07, 6.45) is 3.66. The second kappa shape index (κ2) is 6.73. The van der Waals surface area contributed by atoms with E-state index in [4.69, 9.17) is 0 Å². The van der Waals surface area contributed by atoms with Gasteiger partial charge < -0.3 is 10.2 Å². The minimum Gasteiger partial charge on any atom is -0.317 e. The zero-order valence-corrected chi connectivity index (χ0v) is 12.9. The van der Waals surface area contributed by atoms with Crippen molar-refractivity contribution in [3.8, 4) is 6.07 Å². The van der Waals surface area contributed by atoms with E-state index in [9.17, 15) is 10.1 Å². The number of nitrogens with zero attached hydrogens (tertiary/aromatic N) is 2. The van der Waals surface area contributed by atoms with Crippen molar-refractivity contribution in [3.63, 3.8) is 0 Å². The number of carbonyl (C=O) groups excluding carboxylic acids is 1. The van der Waals surface area contributed by atoms with Crippen molar-refractivity contribution in [2.45, 2.75) is 32.6 Å². The summed E-state index contributed by atoms with van der Waals surface area (Å²) in [5, 5.41) is 12.6. The van der Waals surface area contributed by atoms with Crippen LogP contribution < -0.4 is 10.2 Å². The first-order chi connectivity index (χ1) is 10.1. The first-order valence-corrected chi connectivity index (χ1v) is 7.62. The van der Waals surface area contributed by atoms with Crippen LogP contribution in [0.4, 0.5) is 5.69 Å². The Morgan fingerprint density at radius 3 is 2.67 bits per heavy atom. The van der Waals surface area contributed by atoms with Crippen LogP contribution in [0.5, 0.6) is 0 Å². The summed E-state index contributed by atoms with van der Waals surface area (Å²) in [5.74, 6) is 0.147. The van der Waals surface area contributed by atoms with Crippen LogP contribution in [0.3, 0.4) is 0 Å². The molecule has 0 aromatic heterocycles. The lowest BCUT2D eigenvalue weighted by Crippen LogP contribution is -2.48. The van der Waals surface area contributed by atoms with Gasteiger partial charge in [0, 0.05) is 7.05 Å². The first kappa shape index (κ1) is 15.5. The smallest absolute Gasteiger partial charge is 0.233 e. The van der Waals surface area contributed by atoms with Crippen molar-refractivity contribution in [1.82, 2.24) is 5.32 Å². The number of rotatable bonds is 4. The Hall–Kier alpha value is -1.86. The fraction of sp³-hybridized carbons (Fsp3) is 0.529. The summed E-state index contributed by atoms with van der Waals surface area (Å²) in [7, 11) is 1.79. The minimum atomic E-state index is -0.280. The van der Waals surface area contributed by atoms with Gasteiger partial charge in [-0.1, -0.05) is 25.5 Å². The lowest BCUT2D eigenvalue weighted by molar-refractivity contribution is -0.130. The molecule has 1 aliphatic heterocycles. The highest BCUT2D eigenvalue weighted by Gasteiger charge is 2.40. The number of hydrogen-bond donors (Lipinski definition) is 1. The van der Waals surface area contributed by atoms with E-state index in [2.05, 4.69) is 18.3 Å². The Morgan fingerprint density at radius 1 is 1.38 bits per heavy atom. The van der Waals surface area contributed by atoms with Gasteiger partial charge in [-0.25, -0.2) is 0 Å². The number of nitriles is 1. The summed E-state index contributed by atoms with van der Waals surface area (Å²) in [6, 6.07) is 9.47. The van der Waals surface area contributed by atoms with Gasteiger partial charge in [0.15, 0.2) is 0 Å². The van der Waals surface area contributed by atoms with Gasteiger partial charge in [0.2, 0.25) is 5.91 Å². The Kier molecular flexibility index (Phi) is 4.98. The SMILES string of the molecule is CCCC1(C(=O)N(C)c2ccccc2C#N)CCNCC1. The van der Waals surface area contributed by atoms with Crippen LogP contribution in [0.15, 0.2) is 24.3 Å². The number of anilines is 1. The Labute approximate surface area is 126 Å². The van der Waals surface area contributed by atoms with E-state index in [1.54, 1.807) is 18.0 Å². The molecule has 112 valence electrons. The van der Waals surface area contributed by atoms with Crippen LogP contribution in [-0.4, -0.2) is 26.0 Å². The molecule has 0 spiro atoms. The molecule has 1 saturated heterocycles. The van der Waals surface area contributed by atoms with E-state index in [0.29, 0.717) is 11.3 Å². The van der Waals surface area contributed by atoms with Crippen molar-refractivity contribution in [3.05, 3.63) is 29.8 Å². The van der Waals surface area contributed by atoms with E-state index < -0.39 is 0 Å². The van der Waals surface area contributed by atoms with Gasteiger partial charge in [0.05, 0.1) is 16.7 Å². The van der Waals surface area contributed by atoms with E-state index in [0.717, 1.165) is 38.8 Å². The molecular weight excluding hydrogens is 262 g/mol. The van der Waals surface area contributed by atoms with Gasteiger partial charge in [-0.05, 0) is 44.5 Å². The van der Waals surface area contributed by atoms with Gasteiger partial charge >= 0.3 is 0 Å². The maximum atomic E-state index is 13.1. The molecule has 0 aliphatic carbocycles. The van der Waals surface area contributed by atoms with E-state index >= 15 is 0 Å². The van der Waals surface area contributed by atoms with Crippen LogP contribution in [0.1, 0.15) is 38.2 Å². The molecule has 1 heterocycles. The quantitative estimate of drug-likeness (QED) is 0.925. The lowest BCUT2D eigenvalue weighted by Gasteiger charge is -2.39. The number of nitrogens with one attached hydrogen (secondary N) is 1. The summed E-state index contributed by atoms with van der Waals surface area (Å²) in [6.45, 7) is 3.90. The Balaban J connectivity index is 2.30. The number of hydrogen-bond acceptors (Lipinski definition) is 3. The third-order valence-corrected chi connectivity index (χ3v) is 4.43. The summed E-state index contributed by atoms with van der Waals surface area (Å²) in [5.41, 5.74) is 0.977. The number of piperidine rings is 1. The van der Waals surface area contributed by atoms with Crippen molar-refractivity contribution in [2.75, 3.05) is 25.0 Å². The molecule has 4 heteroatoms. The molecule has 1 aromatic carbocycles.